The SMILES string of the molecule is CC(C)OC(=O)CNPOc1c(F)c(F)c(F)c(F)c1F. The summed E-state index contributed by atoms with van der Waals surface area (Å²) in [5, 5.41) is 2.31. The Hall–Kier alpha value is -1.47. The molecule has 0 aliphatic carbocycles. The summed E-state index contributed by atoms with van der Waals surface area (Å²) in [6, 6.07) is 0. The number of nitrogens with one attached hydrogen (secondary N) is 1. The highest BCUT2D eigenvalue weighted by atomic mass is 31.1. The van der Waals surface area contributed by atoms with Crippen LogP contribution in [0.5, 0.6) is 5.75 Å². The van der Waals surface area contributed by atoms with E-state index in [-0.39, 0.29) is 12.6 Å². The molecule has 1 unspecified atom stereocenters. The van der Waals surface area contributed by atoms with Gasteiger partial charge in [-0.05, 0) is 13.8 Å². The van der Waals surface area contributed by atoms with Gasteiger partial charge in [0.1, 0.15) is 8.96 Å². The van der Waals surface area contributed by atoms with Crippen molar-refractivity contribution >= 4 is 14.9 Å². The minimum Gasteiger partial charge on any atom is -0.462 e. The molecule has 1 N–H and O–H groups in total. The lowest BCUT2D eigenvalue weighted by Crippen LogP contribution is -2.22. The molecule has 118 valence electrons. The van der Waals surface area contributed by atoms with E-state index in [1.165, 1.54) is 0 Å². The molecule has 1 atom stereocenters. The lowest BCUT2D eigenvalue weighted by atomic mass is 10.3. The number of rotatable bonds is 6. The Bertz CT molecular complexity index is 512. The van der Waals surface area contributed by atoms with Crippen LogP contribution in [0.2, 0.25) is 0 Å². The second-order valence-electron chi connectivity index (χ2n) is 4.00. The summed E-state index contributed by atoms with van der Waals surface area (Å²) in [6.07, 6.45) is -0.348. The number of hydrogen-bond acceptors (Lipinski definition) is 4. The van der Waals surface area contributed by atoms with Gasteiger partial charge in [-0.3, -0.25) is 9.88 Å². The molecule has 0 amide bonds. The quantitative estimate of drug-likeness (QED) is 0.217. The van der Waals surface area contributed by atoms with Gasteiger partial charge in [-0.2, -0.15) is 8.78 Å². The number of esters is 1. The van der Waals surface area contributed by atoms with E-state index in [1.807, 2.05) is 0 Å². The zero-order valence-corrected chi connectivity index (χ0v) is 11.9. The van der Waals surface area contributed by atoms with E-state index in [9.17, 15) is 26.7 Å². The molecule has 0 aliphatic heterocycles. The highest BCUT2D eigenvalue weighted by molar-refractivity contribution is 7.30. The summed E-state index contributed by atoms with van der Waals surface area (Å²) < 4.78 is 74.0. The Labute approximate surface area is 118 Å². The van der Waals surface area contributed by atoms with Gasteiger partial charge in [-0.25, -0.2) is 13.2 Å². The molecular weight excluding hydrogens is 320 g/mol. The monoisotopic (exact) mass is 331 g/mol. The maximum atomic E-state index is 13.2. The highest BCUT2D eigenvalue weighted by Crippen LogP contribution is 2.31. The van der Waals surface area contributed by atoms with Crippen LogP contribution in [0.4, 0.5) is 22.0 Å². The summed E-state index contributed by atoms with van der Waals surface area (Å²) >= 11 is 0. The van der Waals surface area contributed by atoms with Gasteiger partial charge >= 0.3 is 5.97 Å². The number of hydrogen-bond donors (Lipinski definition) is 1. The van der Waals surface area contributed by atoms with Crippen molar-refractivity contribution in [3.05, 3.63) is 29.1 Å². The lowest BCUT2D eigenvalue weighted by molar-refractivity contribution is -0.145. The van der Waals surface area contributed by atoms with Crippen molar-refractivity contribution in [2.45, 2.75) is 20.0 Å². The molecule has 1 rings (SSSR count). The van der Waals surface area contributed by atoms with Crippen LogP contribution >= 0.6 is 8.96 Å². The molecule has 0 fully saturated rings. The Morgan fingerprint density at radius 3 is 2.00 bits per heavy atom. The van der Waals surface area contributed by atoms with Gasteiger partial charge in [0.25, 0.3) is 0 Å². The van der Waals surface area contributed by atoms with E-state index in [2.05, 4.69) is 9.61 Å². The second kappa shape index (κ2) is 7.51. The van der Waals surface area contributed by atoms with Gasteiger partial charge in [-0.15, -0.1) is 0 Å². The summed E-state index contributed by atoms with van der Waals surface area (Å²) in [4.78, 5) is 11.1. The third-order valence-electron chi connectivity index (χ3n) is 1.99. The van der Waals surface area contributed by atoms with Gasteiger partial charge in [0.15, 0.2) is 0 Å². The van der Waals surface area contributed by atoms with E-state index < -0.39 is 49.8 Å². The Kier molecular flexibility index (Phi) is 6.29. The van der Waals surface area contributed by atoms with Crippen molar-refractivity contribution < 1.29 is 36.0 Å². The molecule has 0 radical (unpaired) electrons. The summed E-state index contributed by atoms with van der Waals surface area (Å²) in [7, 11) is -0.905. The summed E-state index contributed by atoms with van der Waals surface area (Å²) in [5.74, 6) is -12.7. The molecule has 21 heavy (non-hydrogen) atoms. The van der Waals surface area contributed by atoms with Gasteiger partial charge in [-0.1, -0.05) is 0 Å². The first-order valence-corrected chi connectivity index (χ1v) is 6.52. The van der Waals surface area contributed by atoms with Crippen molar-refractivity contribution in [3.63, 3.8) is 0 Å². The number of benzene rings is 1. The van der Waals surface area contributed by atoms with Gasteiger partial charge in [0.05, 0.1) is 12.6 Å². The average molecular weight is 331 g/mol. The summed E-state index contributed by atoms with van der Waals surface area (Å²) in [6.45, 7) is 2.89. The Morgan fingerprint density at radius 2 is 1.52 bits per heavy atom. The third kappa shape index (κ3) is 4.50. The zero-order chi connectivity index (χ0) is 16.2. The molecule has 0 bridgehead atoms. The molecule has 0 saturated heterocycles. The molecule has 4 nitrogen and oxygen atoms in total. The van der Waals surface area contributed by atoms with Gasteiger partial charge in [0.2, 0.25) is 34.8 Å². The van der Waals surface area contributed by atoms with Crippen LogP contribution in [0.25, 0.3) is 0 Å². The second-order valence-corrected chi connectivity index (χ2v) is 4.76. The van der Waals surface area contributed by atoms with Crippen molar-refractivity contribution in [1.29, 1.82) is 0 Å². The molecule has 0 aliphatic rings. The molecule has 0 heterocycles. The minimum absolute atomic E-state index is 0.341. The first-order chi connectivity index (χ1) is 9.75. The van der Waals surface area contributed by atoms with E-state index >= 15 is 0 Å². The normalized spacial score (nSPS) is 11.4. The molecule has 10 heteroatoms. The fourth-order valence-corrected chi connectivity index (χ4v) is 1.74. The average Bonchev–Trinajstić information content (AvgIpc) is 2.41. The maximum absolute atomic E-state index is 13.2. The van der Waals surface area contributed by atoms with Crippen LogP contribution < -0.4 is 9.61 Å². The van der Waals surface area contributed by atoms with E-state index in [4.69, 9.17) is 4.74 Å². The van der Waals surface area contributed by atoms with Crippen LogP contribution in [0.15, 0.2) is 0 Å². The summed E-state index contributed by atoms with van der Waals surface area (Å²) in [5.41, 5.74) is 0. The largest absolute Gasteiger partial charge is 0.462 e. The fourth-order valence-electron chi connectivity index (χ4n) is 1.17. The molecule has 0 aromatic heterocycles. The lowest BCUT2D eigenvalue weighted by Gasteiger charge is -2.11. The van der Waals surface area contributed by atoms with Gasteiger partial charge in [0, 0.05) is 0 Å². The van der Waals surface area contributed by atoms with Crippen molar-refractivity contribution in [2.75, 3.05) is 6.54 Å². The van der Waals surface area contributed by atoms with Crippen LogP contribution in [-0.2, 0) is 9.53 Å². The van der Waals surface area contributed by atoms with Crippen molar-refractivity contribution in [2.24, 2.45) is 0 Å². The van der Waals surface area contributed by atoms with Crippen LogP contribution in [0, 0.1) is 29.1 Å². The zero-order valence-electron chi connectivity index (χ0n) is 10.9. The predicted octanol–water partition coefficient (Wildman–Crippen LogP) is 2.81. The van der Waals surface area contributed by atoms with Gasteiger partial charge < -0.3 is 9.26 Å². The van der Waals surface area contributed by atoms with Crippen LogP contribution in [0.3, 0.4) is 0 Å². The molecule has 0 spiro atoms. The van der Waals surface area contributed by atoms with Crippen molar-refractivity contribution in [3.8, 4) is 5.75 Å². The minimum atomic E-state index is -2.27. The fraction of sp³-hybridized carbons (Fsp3) is 0.364. The Morgan fingerprint density at radius 1 is 1.05 bits per heavy atom. The highest BCUT2D eigenvalue weighted by Gasteiger charge is 2.27. The Balaban J connectivity index is 2.63. The molecule has 1 aromatic carbocycles. The number of carbonyl (C=O) groups excluding carboxylic acids is 1. The predicted molar refractivity (Wildman–Crippen MR) is 64.4 cm³/mol. The van der Waals surface area contributed by atoms with Crippen LogP contribution in [-0.4, -0.2) is 18.6 Å². The van der Waals surface area contributed by atoms with Crippen LogP contribution in [0.1, 0.15) is 13.8 Å². The number of carbonyl (C=O) groups is 1. The smallest absolute Gasteiger partial charge is 0.320 e. The third-order valence-corrected chi connectivity index (χ3v) is 2.62. The van der Waals surface area contributed by atoms with E-state index in [1.54, 1.807) is 13.8 Å². The maximum Gasteiger partial charge on any atom is 0.320 e. The number of ether oxygens (including phenoxy) is 1. The first kappa shape index (κ1) is 17.6. The number of halogens is 5. The first-order valence-electron chi connectivity index (χ1n) is 5.61. The van der Waals surface area contributed by atoms with E-state index in [0.29, 0.717) is 0 Å². The van der Waals surface area contributed by atoms with Crippen molar-refractivity contribution in [1.82, 2.24) is 5.09 Å². The molecule has 0 saturated carbocycles. The standard InChI is InChI=1S/C11H11F5NO3P/c1-4(2)19-5(18)3-17-21-20-11-9(15)7(13)6(12)8(14)10(11)16/h4,17,21H,3H2,1-2H3. The molecular formula is C11H11F5NO3P. The topological polar surface area (TPSA) is 47.6 Å². The van der Waals surface area contributed by atoms with E-state index in [0.717, 1.165) is 0 Å². The molecule has 1 aromatic rings.